The molecule has 104 valence electrons. The second kappa shape index (κ2) is 6.20. The van der Waals surface area contributed by atoms with Gasteiger partial charge in [0, 0.05) is 19.1 Å². The Morgan fingerprint density at radius 3 is 2.58 bits per heavy atom. The molecule has 1 unspecified atom stereocenters. The first-order valence-electron chi connectivity index (χ1n) is 7.15. The van der Waals surface area contributed by atoms with Crippen LogP contribution in [0.5, 0.6) is 0 Å². The molecule has 19 heavy (non-hydrogen) atoms. The molecule has 1 aliphatic heterocycles. The van der Waals surface area contributed by atoms with Crippen molar-refractivity contribution in [1.29, 1.82) is 0 Å². The molecule has 1 heterocycles. The maximum absolute atomic E-state index is 11.2. The number of rotatable bonds is 5. The van der Waals surface area contributed by atoms with E-state index in [1.165, 1.54) is 5.56 Å². The first kappa shape index (κ1) is 14.1. The smallest absolute Gasteiger partial charge is 0.308 e. The highest BCUT2D eigenvalue weighted by Crippen LogP contribution is 2.33. The Balaban J connectivity index is 2.15. The maximum atomic E-state index is 11.2. The van der Waals surface area contributed by atoms with Crippen molar-refractivity contribution in [3.05, 3.63) is 35.9 Å². The van der Waals surface area contributed by atoms with Gasteiger partial charge in [-0.3, -0.25) is 9.69 Å². The minimum Gasteiger partial charge on any atom is -0.481 e. The van der Waals surface area contributed by atoms with Crippen LogP contribution in [0.2, 0.25) is 0 Å². The van der Waals surface area contributed by atoms with Crippen molar-refractivity contribution < 1.29 is 9.90 Å². The number of hydrogen-bond donors (Lipinski definition) is 1. The molecule has 1 fully saturated rings. The molecule has 1 N–H and O–H groups in total. The van der Waals surface area contributed by atoms with Crippen molar-refractivity contribution in [2.45, 2.75) is 32.7 Å². The highest BCUT2D eigenvalue weighted by atomic mass is 16.4. The molecule has 1 aliphatic rings. The van der Waals surface area contributed by atoms with Gasteiger partial charge in [-0.15, -0.1) is 0 Å². The van der Waals surface area contributed by atoms with E-state index in [1.54, 1.807) is 0 Å². The average Bonchev–Trinajstić information content (AvgIpc) is 2.79. The third-order valence-corrected chi connectivity index (χ3v) is 4.15. The summed E-state index contributed by atoms with van der Waals surface area (Å²) < 4.78 is 0. The predicted octanol–water partition coefficient (Wildman–Crippen LogP) is 3.18. The Hall–Kier alpha value is -1.35. The fourth-order valence-electron chi connectivity index (χ4n) is 3.09. The summed E-state index contributed by atoms with van der Waals surface area (Å²) >= 11 is 0. The molecule has 0 aromatic heterocycles. The van der Waals surface area contributed by atoms with E-state index in [0.29, 0.717) is 12.6 Å². The molecule has 0 saturated carbocycles. The van der Waals surface area contributed by atoms with Crippen LogP contribution in [0.3, 0.4) is 0 Å². The quantitative estimate of drug-likeness (QED) is 0.885. The SMILES string of the molecule is CCCC(c1ccccc1)N1C[C@@H](C)[C@H](C(=O)O)C1. The second-order valence-electron chi connectivity index (χ2n) is 5.59. The second-order valence-corrected chi connectivity index (χ2v) is 5.59. The molecule has 3 heteroatoms. The molecule has 0 radical (unpaired) electrons. The van der Waals surface area contributed by atoms with E-state index in [1.807, 2.05) is 13.0 Å². The van der Waals surface area contributed by atoms with Gasteiger partial charge >= 0.3 is 5.97 Å². The van der Waals surface area contributed by atoms with Gasteiger partial charge in [0.15, 0.2) is 0 Å². The van der Waals surface area contributed by atoms with E-state index in [9.17, 15) is 9.90 Å². The summed E-state index contributed by atoms with van der Waals surface area (Å²) in [4.78, 5) is 13.6. The summed E-state index contributed by atoms with van der Waals surface area (Å²) in [5.74, 6) is -0.637. The van der Waals surface area contributed by atoms with E-state index in [4.69, 9.17) is 0 Å². The van der Waals surface area contributed by atoms with Gasteiger partial charge in [0.2, 0.25) is 0 Å². The molecule has 3 atom stereocenters. The first-order valence-corrected chi connectivity index (χ1v) is 7.15. The zero-order valence-electron chi connectivity index (χ0n) is 11.7. The van der Waals surface area contributed by atoms with Crippen molar-refractivity contribution in [1.82, 2.24) is 4.90 Å². The summed E-state index contributed by atoms with van der Waals surface area (Å²) in [6, 6.07) is 10.8. The van der Waals surface area contributed by atoms with E-state index in [0.717, 1.165) is 19.4 Å². The Bertz CT molecular complexity index is 418. The largest absolute Gasteiger partial charge is 0.481 e. The van der Waals surface area contributed by atoms with Gasteiger partial charge in [0.05, 0.1) is 5.92 Å². The molecular weight excluding hydrogens is 238 g/mol. The number of carboxylic acid groups (broad SMARTS) is 1. The van der Waals surface area contributed by atoms with Gasteiger partial charge in [-0.05, 0) is 17.9 Å². The third kappa shape index (κ3) is 3.16. The number of hydrogen-bond acceptors (Lipinski definition) is 2. The number of nitrogens with zero attached hydrogens (tertiary/aromatic N) is 1. The minimum atomic E-state index is -0.654. The van der Waals surface area contributed by atoms with Gasteiger partial charge in [-0.25, -0.2) is 0 Å². The summed E-state index contributed by atoms with van der Waals surface area (Å²) in [5, 5.41) is 9.26. The zero-order valence-corrected chi connectivity index (χ0v) is 11.7. The first-order chi connectivity index (χ1) is 9.13. The van der Waals surface area contributed by atoms with Crippen molar-refractivity contribution in [2.75, 3.05) is 13.1 Å². The number of likely N-dealkylation sites (tertiary alicyclic amines) is 1. The lowest BCUT2D eigenvalue weighted by molar-refractivity contribution is -0.142. The highest BCUT2D eigenvalue weighted by molar-refractivity contribution is 5.71. The van der Waals surface area contributed by atoms with Crippen LogP contribution in [0, 0.1) is 11.8 Å². The van der Waals surface area contributed by atoms with Crippen molar-refractivity contribution in [3.63, 3.8) is 0 Å². The van der Waals surface area contributed by atoms with Gasteiger partial charge < -0.3 is 5.11 Å². The van der Waals surface area contributed by atoms with Crippen LogP contribution >= 0.6 is 0 Å². The molecular formula is C16H23NO2. The lowest BCUT2D eigenvalue weighted by Gasteiger charge is -2.28. The Morgan fingerprint density at radius 1 is 1.37 bits per heavy atom. The molecule has 0 bridgehead atoms. The fraction of sp³-hybridized carbons (Fsp3) is 0.562. The van der Waals surface area contributed by atoms with Crippen LogP contribution in [0.25, 0.3) is 0 Å². The molecule has 3 nitrogen and oxygen atoms in total. The maximum Gasteiger partial charge on any atom is 0.308 e. The minimum absolute atomic E-state index is 0.219. The van der Waals surface area contributed by atoms with E-state index in [-0.39, 0.29) is 11.8 Å². The molecule has 1 saturated heterocycles. The summed E-state index contributed by atoms with van der Waals surface area (Å²) in [7, 11) is 0. The highest BCUT2D eigenvalue weighted by Gasteiger charge is 2.37. The fourth-order valence-corrected chi connectivity index (χ4v) is 3.09. The normalized spacial score (nSPS) is 25.4. The average molecular weight is 261 g/mol. The number of carboxylic acids is 1. The monoisotopic (exact) mass is 261 g/mol. The van der Waals surface area contributed by atoms with Crippen LogP contribution < -0.4 is 0 Å². The predicted molar refractivity (Wildman–Crippen MR) is 76.0 cm³/mol. The summed E-state index contributed by atoms with van der Waals surface area (Å²) in [5.41, 5.74) is 1.31. The lowest BCUT2D eigenvalue weighted by Crippen LogP contribution is -2.28. The van der Waals surface area contributed by atoms with E-state index in [2.05, 4.69) is 36.1 Å². The van der Waals surface area contributed by atoms with Crippen LogP contribution in [0.1, 0.15) is 38.3 Å². The van der Waals surface area contributed by atoms with Crippen molar-refractivity contribution >= 4 is 5.97 Å². The van der Waals surface area contributed by atoms with Crippen LogP contribution in [0.15, 0.2) is 30.3 Å². The molecule has 1 aromatic rings. The summed E-state index contributed by atoms with van der Waals surface area (Å²) in [6.45, 7) is 5.80. The number of aliphatic carboxylic acids is 1. The zero-order chi connectivity index (χ0) is 13.8. The number of benzene rings is 1. The van der Waals surface area contributed by atoms with Crippen LogP contribution in [-0.4, -0.2) is 29.1 Å². The van der Waals surface area contributed by atoms with Crippen molar-refractivity contribution in [2.24, 2.45) is 11.8 Å². The summed E-state index contributed by atoms with van der Waals surface area (Å²) in [6.07, 6.45) is 2.20. The Labute approximate surface area is 115 Å². The molecule has 2 rings (SSSR count). The standard InChI is InChI=1S/C16H23NO2/c1-3-7-15(13-8-5-4-6-9-13)17-10-12(2)14(11-17)16(18)19/h4-6,8-9,12,14-15H,3,7,10-11H2,1-2H3,(H,18,19)/t12-,14-,15?/m1/s1. The van der Waals surface area contributed by atoms with Gasteiger partial charge in [0.25, 0.3) is 0 Å². The molecule has 1 aromatic carbocycles. The third-order valence-electron chi connectivity index (χ3n) is 4.15. The molecule has 0 amide bonds. The van der Waals surface area contributed by atoms with E-state index >= 15 is 0 Å². The lowest BCUT2D eigenvalue weighted by atomic mass is 9.99. The molecule has 0 spiro atoms. The van der Waals surface area contributed by atoms with Gasteiger partial charge in [0.1, 0.15) is 0 Å². The van der Waals surface area contributed by atoms with Crippen LogP contribution in [0.4, 0.5) is 0 Å². The van der Waals surface area contributed by atoms with Crippen LogP contribution in [-0.2, 0) is 4.79 Å². The topological polar surface area (TPSA) is 40.5 Å². The molecule has 0 aliphatic carbocycles. The van der Waals surface area contributed by atoms with Gasteiger partial charge in [-0.1, -0.05) is 50.6 Å². The number of carbonyl (C=O) groups is 1. The Kier molecular flexibility index (Phi) is 4.59. The van der Waals surface area contributed by atoms with Gasteiger partial charge in [-0.2, -0.15) is 0 Å². The van der Waals surface area contributed by atoms with Crippen molar-refractivity contribution in [3.8, 4) is 0 Å². The Morgan fingerprint density at radius 2 is 2.05 bits per heavy atom. The van der Waals surface area contributed by atoms with E-state index < -0.39 is 5.97 Å².